The molecule has 2 aliphatic heterocycles. The molecule has 4 rings (SSSR count). The Hall–Kier alpha value is -2.27. The standard InChI is InChI=1S/C21H24FN3O/c1-14-7-8-18-19(23-14)21(2,3)13-25(18)20(26)16-11-24(12-16)10-15-5-4-6-17(22)9-15/h4-9,16H,10-13H2,1-3H3. The van der Waals surface area contributed by atoms with Gasteiger partial charge in [0.05, 0.1) is 17.3 Å². The van der Waals surface area contributed by atoms with Crippen LogP contribution in [0.25, 0.3) is 0 Å². The molecule has 0 spiro atoms. The van der Waals surface area contributed by atoms with Gasteiger partial charge in [0.1, 0.15) is 5.82 Å². The Morgan fingerprint density at radius 2 is 2.04 bits per heavy atom. The first-order chi connectivity index (χ1) is 12.3. The number of carbonyl (C=O) groups excluding carboxylic acids is 1. The third kappa shape index (κ3) is 3.01. The van der Waals surface area contributed by atoms with Crippen LogP contribution in [0.3, 0.4) is 0 Å². The van der Waals surface area contributed by atoms with Crippen molar-refractivity contribution in [2.24, 2.45) is 5.92 Å². The Morgan fingerprint density at radius 1 is 1.27 bits per heavy atom. The van der Waals surface area contributed by atoms with Crippen LogP contribution in [0.1, 0.15) is 30.8 Å². The molecule has 0 N–H and O–H groups in total. The number of hydrogen-bond donors (Lipinski definition) is 0. The minimum atomic E-state index is -0.214. The summed E-state index contributed by atoms with van der Waals surface area (Å²) in [4.78, 5) is 21.8. The van der Waals surface area contributed by atoms with E-state index < -0.39 is 0 Å². The molecule has 0 bridgehead atoms. The molecule has 1 aromatic heterocycles. The van der Waals surface area contributed by atoms with E-state index in [0.717, 1.165) is 35.7 Å². The molecule has 0 aliphatic carbocycles. The summed E-state index contributed by atoms with van der Waals surface area (Å²) in [6.45, 7) is 9.08. The van der Waals surface area contributed by atoms with Crippen LogP contribution in [0.4, 0.5) is 10.1 Å². The average molecular weight is 353 g/mol. The molecule has 26 heavy (non-hydrogen) atoms. The van der Waals surface area contributed by atoms with Crippen LogP contribution in [0.5, 0.6) is 0 Å². The number of pyridine rings is 1. The maximum atomic E-state index is 13.3. The van der Waals surface area contributed by atoms with Crippen LogP contribution >= 0.6 is 0 Å². The molecule has 2 aromatic rings. The third-order valence-electron chi connectivity index (χ3n) is 5.37. The number of benzene rings is 1. The zero-order valence-corrected chi connectivity index (χ0v) is 15.5. The summed E-state index contributed by atoms with van der Waals surface area (Å²) in [5, 5.41) is 0. The van der Waals surface area contributed by atoms with Crippen molar-refractivity contribution >= 4 is 11.6 Å². The fourth-order valence-corrected chi connectivity index (χ4v) is 3.99. The molecule has 4 nitrogen and oxygen atoms in total. The van der Waals surface area contributed by atoms with Crippen molar-refractivity contribution < 1.29 is 9.18 Å². The van der Waals surface area contributed by atoms with Gasteiger partial charge in [-0.15, -0.1) is 0 Å². The van der Waals surface area contributed by atoms with Crippen molar-refractivity contribution in [3.05, 3.63) is 59.2 Å². The number of carbonyl (C=O) groups is 1. The van der Waals surface area contributed by atoms with Gasteiger partial charge in [0.25, 0.3) is 0 Å². The fraction of sp³-hybridized carbons (Fsp3) is 0.429. The molecule has 1 aromatic carbocycles. The van der Waals surface area contributed by atoms with Gasteiger partial charge in [-0.2, -0.15) is 0 Å². The van der Waals surface area contributed by atoms with Crippen LogP contribution < -0.4 is 4.90 Å². The van der Waals surface area contributed by atoms with Crippen molar-refractivity contribution in [1.29, 1.82) is 0 Å². The van der Waals surface area contributed by atoms with E-state index in [1.807, 2.05) is 30.0 Å². The smallest absolute Gasteiger partial charge is 0.232 e. The molecule has 1 fully saturated rings. The molecular formula is C21H24FN3O. The number of rotatable bonds is 3. The third-order valence-corrected chi connectivity index (χ3v) is 5.37. The highest BCUT2D eigenvalue weighted by atomic mass is 19.1. The van der Waals surface area contributed by atoms with Gasteiger partial charge in [-0.1, -0.05) is 26.0 Å². The van der Waals surface area contributed by atoms with E-state index in [1.54, 1.807) is 12.1 Å². The molecule has 0 saturated carbocycles. The molecule has 2 aliphatic rings. The van der Waals surface area contributed by atoms with Crippen LogP contribution in [0, 0.1) is 18.7 Å². The van der Waals surface area contributed by atoms with Crippen molar-refractivity contribution in [3.8, 4) is 0 Å². The van der Waals surface area contributed by atoms with Gasteiger partial charge in [-0.3, -0.25) is 14.7 Å². The van der Waals surface area contributed by atoms with Gasteiger partial charge in [0, 0.05) is 37.3 Å². The number of hydrogen-bond acceptors (Lipinski definition) is 3. The largest absolute Gasteiger partial charge is 0.309 e. The molecular weight excluding hydrogens is 329 g/mol. The minimum absolute atomic E-state index is 0.00612. The van der Waals surface area contributed by atoms with Gasteiger partial charge >= 0.3 is 0 Å². The summed E-state index contributed by atoms with van der Waals surface area (Å²) in [6, 6.07) is 10.7. The fourth-order valence-electron chi connectivity index (χ4n) is 3.99. The number of aromatic nitrogens is 1. The predicted molar refractivity (Wildman–Crippen MR) is 99.5 cm³/mol. The van der Waals surface area contributed by atoms with E-state index in [1.165, 1.54) is 6.07 Å². The molecule has 0 atom stereocenters. The van der Waals surface area contributed by atoms with Gasteiger partial charge in [0.15, 0.2) is 0 Å². The topological polar surface area (TPSA) is 36.4 Å². The van der Waals surface area contributed by atoms with E-state index >= 15 is 0 Å². The first-order valence-corrected chi connectivity index (χ1v) is 9.10. The van der Waals surface area contributed by atoms with E-state index in [-0.39, 0.29) is 23.1 Å². The number of fused-ring (bicyclic) bond motifs is 1. The summed E-state index contributed by atoms with van der Waals surface area (Å²) in [5.41, 5.74) is 3.78. The van der Waals surface area contributed by atoms with E-state index in [4.69, 9.17) is 0 Å². The van der Waals surface area contributed by atoms with Crippen LogP contribution in [-0.2, 0) is 16.8 Å². The molecule has 0 unspecified atom stereocenters. The lowest BCUT2D eigenvalue weighted by atomic mass is 9.91. The molecule has 1 saturated heterocycles. The van der Waals surface area contributed by atoms with Crippen molar-refractivity contribution in [1.82, 2.24) is 9.88 Å². The van der Waals surface area contributed by atoms with Crippen molar-refractivity contribution in [2.75, 3.05) is 24.5 Å². The van der Waals surface area contributed by atoms with E-state index in [2.05, 4.69) is 23.7 Å². The summed E-state index contributed by atoms with van der Waals surface area (Å²) in [7, 11) is 0. The highest BCUT2D eigenvalue weighted by Gasteiger charge is 2.43. The predicted octanol–water partition coefficient (Wildman–Crippen LogP) is 3.29. The normalized spacial score (nSPS) is 19.3. The Labute approximate surface area is 153 Å². The Morgan fingerprint density at radius 3 is 2.77 bits per heavy atom. The van der Waals surface area contributed by atoms with Gasteiger partial charge in [-0.05, 0) is 36.8 Å². The molecule has 3 heterocycles. The number of halogens is 1. The zero-order chi connectivity index (χ0) is 18.5. The van der Waals surface area contributed by atoms with Gasteiger partial charge < -0.3 is 4.90 Å². The number of anilines is 1. The van der Waals surface area contributed by atoms with Crippen LogP contribution in [0.2, 0.25) is 0 Å². The highest BCUT2D eigenvalue weighted by molar-refractivity contribution is 5.98. The molecule has 1 amide bonds. The summed E-state index contributed by atoms with van der Waals surface area (Å²) in [6.07, 6.45) is 0. The quantitative estimate of drug-likeness (QED) is 0.850. The van der Waals surface area contributed by atoms with Crippen LogP contribution in [0.15, 0.2) is 36.4 Å². The zero-order valence-electron chi connectivity index (χ0n) is 15.5. The summed E-state index contributed by atoms with van der Waals surface area (Å²) in [5.74, 6) is -0.0288. The Balaban J connectivity index is 1.43. The minimum Gasteiger partial charge on any atom is -0.309 e. The van der Waals surface area contributed by atoms with E-state index in [0.29, 0.717) is 13.1 Å². The lowest BCUT2D eigenvalue weighted by molar-refractivity contribution is -0.127. The maximum absolute atomic E-state index is 13.3. The molecule has 0 radical (unpaired) electrons. The van der Waals surface area contributed by atoms with Crippen molar-refractivity contribution in [2.45, 2.75) is 32.7 Å². The Bertz CT molecular complexity index is 858. The molecule has 5 heteroatoms. The lowest BCUT2D eigenvalue weighted by Gasteiger charge is -2.40. The number of likely N-dealkylation sites (tertiary alicyclic amines) is 1. The number of amides is 1. The second-order valence-corrected chi connectivity index (χ2v) is 8.15. The van der Waals surface area contributed by atoms with Gasteiger partial charge in [0.2, 0.25) is 5.91 Å². The maximum Gasteiger partial charge on any atom is 0.232 e. The lowest BCUT2D eigenvalue weighted by Crippen LogP contribution is -2.54. The second-order valence-electron chi connectivity index (χ2n) is 8.15. The average Bonchev–Trinajstić information content (AvgIpc) is 2.81. The number of aryl methyl sites for hydroxylation is 1. The second kappa shape index (κ2) is 6.16. The van der Waals surface area contributed by atoms with Crippen molar-refractivity contribution in [3.63, 3.8) is 0 Å². The first kappa shape index (κ1) is 17.2. The summed E-state index contributed by atoms with van der Waals surface area (Å²) < 4.78 is 13.3. The SMILES string of the molecule is Cc1ccc2c(n1)C(C)(C)CN2C(=O)C1CN(Cc2cccc(F)c2)C1. The summed E-state index contributed by atoms with van der Waals surface area (Å²) >= 11 is 0. The first-order valence-electron chi connectivity index (χ1n) is 9.10. The molecule has 136 valence electrons. The highest BCUT2D eigenvalue weighted by Crippen LogP contribution is 2.40. The monoisotopic (exact) mass is 353 g/mol. The van der Waals surface area contributed by atoms with E-state index in [9.17, 15) is 9.18 Å². The van der Waals surface area contributed by atoms with Crippen LogP contribution in [-0.4, -0.2) is 35.4 Å². The number of nitrogens with zero attached hydrogens (tertiary/aromatic N) is 3. The Kier molecular flexibility index (Phi) is 4.07. The van der Waals surface area contributed by atoms with Gasteiger partial charge in [-0.25, -0.2) is 4.39 Å².